The molecule has 2 atom stereocenters. The van der Waals surface area contributed by atoms with Crippen molar-refractivity contribution in [3.8, 4) is 0 Å². The second kappa shape index (κ2) is 6.93. The molecule has 0 aliphatic heterocycles. The highest BCUT2D eigenvalue weighted by molar-refractivity contribution is 6.33. The summed E-state index contributed by atoms with van der Waals surface area (Å²) < 4.78 is 0. The zero-order chi connectivity index (χ0) is 14.5. The minimum atomic E-state index is -0.244. The number of nitrogen functional groups attached to an aromatic ring is 1. The minimum absolute atomic E-state index is 0.212. The summed E-state index contributed by atoms with van der Waals surface area (Å²) in [5.41, 5.74) is 5.79. The molecule has 4 nitrogen and oxygen atoms in total. The van der Waals surface area contributed by atoms with Crippen molar-refractivity contribution >= 4 is 23.3 Å². The van der Waals surface area contributed by atoms with Crippen molar-refractivity contribution in [2.75, 3.05) is 12.3 Å². The van der Waals surface area contributed by atoms with Crippen molar-refractivity contribution in [3.05, 3.63) is 22.8 Å². The first-order valence-electron chi connectivity index (χ1n) is 7.26. The lowest BCUT2D eigenvalue weighted by molar-refractivity contribution is 0.0945. The normalized spacial score (nSPS) is 22.5. The van der Waals surface area contributed by atoms with Crippen molar-refractivity contribution in [3.63, 3.8) is 0 Å². The number of aromatic nitrogens is 1. The largest absolute Gasteiger partial charge is 0.384 e. The van der Waals surface area contributed by atoms with Crippen molar-refractivity contribution in [2.24, 2.45) is 11.8 Å². The van der Waals surface area contributed by atoms with Crippen LogP contribution in [0.2, 0.25) is 5.02 Å². The maximum atomic E-state index is 12.0. The number of rotatable bonds is 4. The topological polar surface area (TPSA) is 68.0 Å². The van der Waals surface area contributed by atoms with E-state index in [0.717, 1.165) is 18.3 Å². The minimum Gasteiger partial charge on any atom is -0.384 e. The van der Waals surface area contributed by atoms with Gasteiger partial charge in [0.1, 0.15) is 11.5 Å². The molecule has 0 radical (unpaired) electrons. The van der Waals surface area contributed by atoms with Crippen LogP contribution in [-0.4, -0.2) is 17.4 Å². The standard InChI is InChI=1S/C15H22ClN3O/c1-10-3-2-4-11(9-10)7-8-18-15(20)14-12(16)5-6-13(17)19-14/h5-6,10-11H,2-4,7-9H2,1H3,(H2,17,19)(H,18,20). The third kappa shape index (κ3) is 4.10. The molecular weight excluding hydrogens is 274 g/mol. The van der Waals surface area contributed by atoms with Gasteiger partial charge in [0.15, 0.2) is 0 Å². The van der Waals surface area contributed by atoms with Gasteiger partial charge in [0, 0.05) is 6.54 Å². The van der Waals surface area contributed by atoms with Crippen molar-refractivity contribution in [1.29, 1.82) is 0 Å². The number of hydrogen-bond donors (Lipinski definition) is 2. The molecule has 1 heterocycles. The van der Waals surface area contributed by atoms with E-state index in [1.54, 1.807) is 12.1 Å². The number of nitrogens with one attached hydrogen (secondary N) is 1. The molecule has 2 rings (SSSR count). The van der Waals surface area contributed by atoms with Crippen LogP contribution in [0.15, 0.2) is 12.1 Å². The molecular formula is C15H22ClN3O. The number of nitrogens with zero attached hydrogens (tertiary/aromatic N) is 1. The van der Waals surface area contributed by atoms with E-state index < -0.39 is 0 Å². The predicted octanol–water partition coefficient (Wildman–Crippen LogP) is 3.26. The average molecular weight is 296 g/mol. The Kier molecular flexibility index (Phi) is 5.24. The van der Waals surface area contributed by atoms with Gasteiger partial charge >= 0.3 is 0 Å². The number of amides is 1. The SMILES string of the molecule is CC1CCCC(CCNC(=O)c2nc(N)ccc2Cl)C1. The van der Waals surface area contributed by atoms with Crippen LogP contribution >= 0.6 is 11.6 Å². The van der Waals surface area contributed by atoms with Gasteiger partial charge in [-0.15, -0.1) is 0 Å². The highest BCUT2D eigenvalue weighted by Crippen LogP contribution is 2.30. The average Bonchev–Trinajstić information content (AvgIpc) is 2.41. The lowest BCUT2D eigenvalue weighted by Crippen LogP contribution is -2.28. The molecule has 110 valence electrons. The van der Waals surface area contributed by atoms with Crippen molar-refractivity contribution in [2.45, 2.75) is 39.0 Å². The van der Waals surface area contributed by atoms with Gasteiger partial charge in [-0.2, -0.15) is 0 Å². The molecule has 3 N–H and O–H groups in total. The van der Waals surface area contributed by atoms with Crippen LogP contribution in [0, 0.1) is 11.8 Å². The highest BCUT2D eigenvalue weighted by Gasteiger charge is 2.19. The molecule has 2 unspecified atom stereocenters. The van der Waals surface area contributed by atoms with E-state index in [4.69, 9.17) is 17.3 Å². The third-order valence-electron chi connectivity index (χ3n) is 3.97. The summed E-state index contributed by atoms with van der Waals surface area (Å²) in [6.45, 7) is 2.98. The van der Waals surface area contributed by atoms with Crippen LogP contribution in [0.1, 0.15) is 49.5 Å². The van der Waals surface area contributed by atoms with Gasteiger partial charge < -0.3 is 11.1 Å². The monoisotopic (exact) mass is 295 g/mol. The molecule has 1 aliphatic rings. The Morgan fingerprint density at radius 2 is 2.30 bits per heavy atom. The Morgan fingerprint density at radius 3 is 3.05 bits per heavy atom. The first kappa shape index (κ1) is 15.1. The van der Waals surface area contributed by atoms with Crippen LogP contribution < -0.4 is 11.1 Å². The number of pyridine rings is 1. The molecule has 0 bridgehead atoms. The lowest BCUT2D eigenvalue weighted by Gasteiger charge is -2.26. The summed E-state index contributed by atoms with van der Waals surface area (Å²) in [6.07, 6.45) is 6.22. The Morgan fingerprint density at radius 1 is 1.50 bits per heavy atom. The zero-order valence-electron chi connectivity index (χ0n) is 11.9. The van der Waals surface area contributed by atoms with E-state index in [1.807, 2.05) is 0 Å². The number of anilines is 1. The van der Waals surface area contributed by atoms with Crippen LogP contribution in [0.5, 0.6) is 0 Å². The summed E-state index contributed by atoms with van der Waals surface area (Å²) in [5, 5.41) is 3.22. The summed E-state index contributed by atoms with van der Waals surface area (Å²) >= 11 is 5.96. The Balaban J connectivity index is 1.81. The predicted molar refractivity (Wildman–Crippen MR) is 81.7 cm³/mol. The maximum Gasteiger partial charge on any atom is 0.271 e. The van der Waals surface area contributed by atoms with Gasteiger partial charge in [0.05, 0.1) is 5.02 Å². The molecule has 0 aromatic carbocycles. The lowest BCUT2D eigenvalue weighted by atomic mass is 9.81. The van der Waals surface area contributed by atoms with E-state index in [2.05, 4.69) is 17.2 Å². The van der Waals surface area contributed by atoms with Gasteiger partial charge in [-0.1, -0.05) is 37.8 Å². The highest BCUT2D eigenvalue weighted by atomic mass is 35.5. The molecule has 1 amide bonds. The zero-order valence-corrected chi connectivity index (χ0v) is 12.6. The van der Waals surface area contributed by atoms with Gasteiger partial charge in [-0.25, -0.2) is 4.98 Å². The fraction of sp³-hybridized carbons (Fsp3) is 0.600. The first-order chi connectivity index (χ1) is 9.56. The number of carbonyl (C=O) groups excluding carboxylic acids is 1. The Labute approximate surface area is 125 Å². The molecule has 0 spiro atoms. The Bertz CT molecular complexity index is 478. The molecule has 0 saturated heterocycles. The van der Waals surface area contributed by atoms with E-state index in [1.165, 1.54) is 25.7 Å². The summed E-state index contributed by atoms with van der Waals surface area (Å²) in [4.78, 5) is 16.0. The molecule has 1 fully saturated rings. The molecule has 1 aromatic rings. The quantitative estimate of drug-likeness (QED) is 0.896. The number of halogens is 1. The van der Waals surface area contributed by atoms with Gasteiger partial charge in [-0.3, -0.25) is 4.79 Å². The second-order valence-electron chi connectivity index (χ2n) is 5.75. The van der Waals surface area contributed by atoms with Gasteiger partial charge in [-0.05, 0) is 36.8 Å². The summed E-state index contributed by atoms with van der Waals surface area (Å²) in [6, 6.07) is 3.18. The molecule has 1 aliphatic carbocycles. The van der Waals surface area contributed by atoms with E-state index >= 15 is 0 Å². The molecule has 1 saturated carbocycles. The Hall–Kier alpha value is -1.29. The van der Waals surface area contributed by atoms with Crippen LogP contribution in [-0.2, 0) is 0 Å². The third-order valence-corrected chi connectivity index (χ3v) is 4.27. The van der Waals surface area contributed by atoms with Crippen LogP contribution in [0.3, 0.4) is 0 Å². The fourth-order valence-corrected chi connectivity index (χ4v) is 3.10. The van der Waals surface area contributed by atoms with Crippen LogP contribution in [0.25, 0.3) is 0 Å². The number of hydrogen-bond acceptors (Lipinski definition) is 3. The smallest absolute Gasteiger partial charge is 0.271 e. The summed E-state index contributed by atoms with van der Waals surface area (Å²) in [5.74, 6) is 1.60. The number of nitrogens with two attached hydrogens (primary N) is 1. The second-order valence-corrected chi connectivity index (χ2v) is 6.16. The van der Waals surface area contributed by atoms with Gasteiger partial charge in [0.25, 0.3) is 5.91 Å². The molecule has 20 heavy (non-hydrogen) atoms. The van der Waals surface area contributed by atoms with E-state index in [0.29, 0.717) is 17.4 Å². The summed E-state index contributed by atoms with van der Waals surface area (Å²) in [7, 11) is 0. The van der Waals surface area contributed by atoms with Crippen molar-refractivity contribution < 1.29 is 4.79 Å². The molecule has 5 heteroatoms. The fourth-order valence-electron chi connectivity index (χ4n) is 2.91. The van der Waals surface area contributed by atoms with E-state index in [9.17, 15) is 4.79 Å². The first-order valence-corrected chi connectivity index (χ1v) is 7.64. The van der Waals surface area contributed by atoms with E-state index in [-0.39, 0.29) is 11.6 Å². The van der Waals surface area contributed by atoms with Gasteiger partial charge in [0.2, 0.25) is 0 Å². The molecule has 1 aromatic heterocycles. The van der Waals surface area contributed by atoms with Crippen molar-refractivity contribution in [1.82, 2.24) is 10.3 Å². The number of carbonyl (C=O) groups is 1. The maximum absolute atomic E-state index is 12.0. The van der Waals surface area contributed by atoms with Crippen LogP contribution in [0.4, 0.5) is 5.82 Å².